The summed E-state index contributed by atoms with van der Waals surface area (Å²) in [5.74, 6) is -0.686. The Morgan fingerprint density at radius 1 is 1.09 bits per heavy atom. The molecule has 0 bridgehead atoms. The smallest absolute Gasteiger partial charge is 0.249 e. The van der Waals surface area contributed by atoms with Crippen molar-refractivity contribution in [1.29, 1.82) is 0 Å². The standard InChI is InChI=1S/C39H45FN8O5/c1-23-14-32(44-35(15-23)39(52-3)10-13-53-22-39)29-21-48(34-18-41-36(17-28(29)34)42-24(2)49)27-19-47(20-27)26-8-11-46(12-9-26)33-6-4-25(16-30(33)40)43-31-5-7-37(50)45-38(31)51/h4,6,14-18,21,26-27,31,43H,5,7-13,19-20,22H2,1-3H3,(H,41,42,49)(H,45,50,51)/t31?,39-/m0/s1. The minimum atomic E-state index is -0.587. The molecule has 4 saturated heterocycles. The highest BCUT2D eigenvalue weighted by Gasteiger charge is 2.40. The lowest BCUT2D eigenvalue weighted by molar-refractivity contribution is -0.133. The number of amides is 3. The van der Waals surface area contributed by atoms with E-state index in [1.54, 1.807) is 19.2 Å². The Morgan fingerprint density at radius 2 is 1.91 bits per heavy atom. The summed E-state index contributed by atoms with van der Waals surface area (Å²) in [6, 6.07) is 11.2. The summed E-state index contributed by atoms with van der Waals surface area (Å²) < 4.78 is 29.4. The molecule has 4 aliphatic heterocycles. The molecule has 3 amide bonds. The lowest BCUT2D eigenvalue weighted by Gasteiger charge is -2.48. The predicted octanol–water partition coefficient (Wildman–Crippen LogP) is 4.51. The molecule has 1 unspecified atom stereocenters. The topological polar surface area (TPSA) is 143 Å². The van der Waals surface area contributed by atoms with Crippen LogP contribution in [0.15, 0.2) is 48.8 Å². The van der Waals surface area contributed by atoms with Crippen LogP contribution in [-0.4, -0.2) is 95.7 Å². The van der Waals surface area contributed by atoms with Crippen LogP contribution in [-0.2, 0) is 29.5 Å². The average Bonchev–Trinajstić information content (AvgIpc) is 3.75. The van der Waals surface area contributed by atoms with Gasteiger partial charge < -0.3 is 29.6 Å². The monoisotopic (exact) mass is 724 g/mol. The van der Waals surface area contributed by atoms with E-state index < -0.39 is 11.6 Å². The Morgan fingerprint density at radius 3 is 2.60 bits per heavy atom. The van der Waals surface area contributed by atoms with E-state index in [0.29, 0.717) is 42.9 Å². The quantitative estimate of drug-likeness (QED) is 0.211. The number of halogens is 1. The molecular formula is C39H45FN8O5. The molecule has 0 radical (unpaired) electrons. The minimum Gasteiger partial charge on any atom is -0.378 e. The normalized spacial score (nSPS) is 22.9. The average molecular weight is 725 g/mol. The third kappa shape index (κ3) is 6.86. The van der Waals surface area contributed by atoms with Gasteiger partial charge in [-0.2, -0.15) is 0 Å². The maximum Gasteiger partial charge on any atom is 0.249 e. The fourth-order valence-electron chi connectivity index (χ4n) is 8.27. The van der Waals surface area contributed by atoms with E-state index in [9.17, 15) is 14.4 Å². The van der Waals surface area contributed by atoms with Crippen molar-refractivity contribution in [3.8, 4) is 11.3 Å². The van der Waals surface area contributed by atoms with E-state index in [2.05, 4.69) is 60.6 Å². The second-order valence-corrected chi connectivity index (χ2v) is 14.8. The molecule has 4 aromatic rings. The number of aryl methyl sites for hydroxylation is 1. The second-order valence-electron chi connectivity index (χ2n) is 14.8. The van der Waals surface area contributed by atoms with Crippen molar-refractivity contribution < 1.29 is 28.2 Å². The molecule has 0 spiro atoms. The number of pyridine rings is 2. The number of benzene rings is 1. The molecule has 4 aliphatic rings. The van der Waals surface area contributed by atoms with Crippen molar-refractivity contribution in [3.05, 3.63) is 65.9 Å². The van der Waals surface area contributed by atoms with E-state index in [4.69, 9.17) is 14.5 Å². The first-order chi connectivity index (χ1) is 25.6. The molecule has 4 fully saturated rings. The molecule has 13 nitrogen and oxygen atoms in total. The molecule has 53 heavy (non-hydrogen) atoms. The number of methoxy groups -OCH3 is 1. The number of rotatable bonds is 9. The van der Waals surface area contributed by atoms with E-state index in [0.717, 1.165) is 78.9 Å². The number of hydrogen-bond donors (Lipinski definition) is 3. The molecule has 14 heteroatoms. The number of carbonyl (C=O) groups is 3. The molecule has 3 aromatic heterocycles. The maximum atomic E-state index is 15.3. The van der Waals surface area contributed by atoms with Gasteiger partial charge >= 0.3 is 0 Å². The third-order valence-corrected chi connectivity index (χ3v) is 11.2. The summed E-state index contributed by atoms with van der Waals surface area (Å²) in [7, 11) is 1.71. The number of piperidine rings is 2. The number of ether oxygens (including phenoxy) is 2. The fraction of sp³-hybridized carbons (Fsp3) is 0.462. The molecule has 8 rings (SSSR count). The van der Waals surface area contributed by atoms with Gasteiger partial charge in [-0.25, -0.2) is 14.4 Å². The Bertz CT molecular complexity index is 2070. The molecular weight excluding hydrogens is 679 g/mol. The van der Waals surface area contributed by atoms with Crippen LogP contribution in [0.2, 0.25) is 0 Å². The molecule has 0 aliphatic carbocycles. The van der Waals surface area contributed by atoms with Crippen LogP contribution in [0.4, 0.5) is 21.6 Å². The molecule has 3 N–H and O–H groups in total. The van der Waals surface area contributed by atoms with Crippen LogP contribution >= 0.6 is 0 Å². The zero-order valence-corrected chi connectivity index (χ0v) is 30.3. The number of nitrogens with one attached hydrogen (secondary N) is 3. The Kier molecular flexibility index (Phi) is 9.37. The van der Waals surface area contributed by atoms with E-state index in [-0.39, 0.29) is 36.0 Å². The fourth-order valence-corrected chi connectivity index (χ4v) is 8.27. The zero-order valence-electron chi connectivity index (χ0n) is 30.3. The van der Waals surface area contributed by atoms with E-state index in [1.165, 1.54) is 13.0 Å². The zero-order chi connectivity index (χ0) is 36.9. The molecule has 1 aromatic carbocycles. The number of likely N-dealkylation sites (tertiary alicyclic amines) is 1. The predicted molar refractivity (Wildman–Crippen MR) is 198 cm³/mol. The summed E-state index contributed by atoms with van der Waals surface area (Å²) in [4.78, 5) is 49.9. The van der Waals surface area contributed by atoms with Crippen molar-refractivity contribution in [1.82, 2.24) is 24.8 Å². The Balaban J connectivity index is 0.961. The number of imide groups is 1. The van der Waals surface area contributed by atoms with Gasteiger partial charge in [-0.05, 0) is 68.1 Å². The highest BCUT2D eigenvalue weighted by molar-refractivity contribution is 6.01. The van der Waals surface area contributed by atoms with Crippen LogP contribution in [0.5, 0.6) is 0 Å². The lowest BCUT2D eigenvalue weighted by atomic mass is 9.95. The second kappa shape index (κ2) is 14.1. The summed E-state index contributed by atoms with van der Waals surface area (Å²) in [6.45, 7) is 7.87. The van der Waals surface area contributed by atoms with Crippen molar-refractivity contribution >= 4 is 45.8 Å². The van der Waals surface area contributed by atoms with Crippen molar-refractivity contribution in [2.45, 2.75) is 69.7 Å². The molecule has 278 valence electrons. The van der Waals surface area contributed by atoms with Gasteiger partial charge in [0, 0.05) is 88.5 Å². The van der Waals surface area contributed by atoms with E-state index in [1.807, 2.05) is 12.3 Å². The Hall–Kier alpha value is -4.92. The molecule has 0 saturated carbocycles. The Labute approximate surface area is 307 Å². The summed E-state index contributed by atoms with van der Waals surface area (Å²) >= 11 is 0. The summed E-state index contributed by atoms with van der Waals surface area (Å²) in [5.41, 5.74) is 5.20. The number of nitrogens with zero attached hydrogens (tertiary/aromatic N) is 5. The van der Waals surface area contributed by atoms with Gasteiger partial charge in [-0.1, -0.05) is 0 Å². The van der Waals surface area contributed by atoms with Crippen molar-refractivity contribution in [3.63, 3.8) is 0 Å². The number of carbonyl (C=O) groups excluding carboxylic acids is 3. The van der Waals surface area contributed by atoms with Crippen LogP contribution < -0.4 is 20.9 Å². The van der Waals surface area contributed by atoms with Gasteiger partial charge in [0.1, 0.15) is 23.3 Å². The van der Waals surface area contributed by atoms with Crippen LogP contribution in [0.1, 0.15) is 56.3 Å². The first kappa shape index (κ1) is 35.1. The molecule has 7 heterocycles. The number of hydrogen-bond acceptors (Lipinski definition) is 10. The highest BCUT2D eigenvalue weighted by Crippen LogP contribution is 2.40. The first-order valence-electron chi connectivity index (χ1n) is 18.4. The minimum absolute atomic E-state index is 0.181. The maximum absolute atomic E-state index is 15.3. The summed E-state index contributed by atoms with van der Waals surface area (Å²) in [6.07, 6.45) is 7.23. The van der Waals surface area contributed by atoms with E-state index >= 15 is 4.39 Å². The van der Waals surface area contributed by atoms with Gasteiger partial charge in [0.15, 0.2) is 0 Å². The number of fused-ring (bicyclic) bond motifs is 1. The highest BCUT2D eigenvalue weighted by atomic mass is 19.1. The largest absolute Gasteiger partial charge is 0.378 e. The van der Waals surface area contributed by atoms with Gasteiger partial charge in [-0.15, -0.1) is 0 Å². The van der Waals surface area contributed by atoms with Gasteiger partial charge in [0.2, 0.25) is 17.7 Å². The van der Waals surface area contributed by atoms with Gasteiger partial charge in [-0.3, -0.25) is 24.6 Å². The van der Waals surface area contributed by atoms with Gasteiger partial charge in [0.25, 0.3) is 0 Å². The van der Waals surface area contributed by atoms with Gasteiger partial charge in [0.05, 0.1) is 41.4 Å². The van der Waals surface area contributed by atoms with Crippen molar-refractivity contribution in [2.75, 3.05) is 62.0 Å². The van der Waals surface area contributed by atoms with Crippen LogP contribution in [0.3, 0.4) is 0 Å². The lowest BCUT2D eigenvalue weighted by Crippen LogP contribution is -2.55. The molecule has 2 atom stereocenters. The third-order valence-electron chi connectivity index (χ3n) is 11.2. The SMILES string of the molecule is CO[C@@]1(c2cc(C)cc(-c3cn(C4CN(C5CCN(c6ccc(NC7CCC(=O)NC7=O)cc6F)CC5)C4)c4cnc(NC(C)=O)cc34)n2)CCOC1. The van der Waals surface area contributed by atoms with Crippen LogP contribution in [0.25, 0.3) is 22.2 Å². The number of aromatic nitrogens is 3. The number of anilines is 3. The summed E-state index contributed by atoms with van der Waals surface area (Å²) in [5, 5.41) is 9.19. The van der Waals surface area contributed by atoms with Crippen LogP contribution in [0, 0.1) is 12.7 Å². The van der Waals surface area contributed by atoms with Crippen molar-refractivity contribution in [2.24, 2.45) is 0 Å². The first-order valence-corrected chi connectivity index (χ1v) is 18.4.